The lowest BCUT2D eigenvalue weighted by Gasteiger charge is -2.24. The van der Waals surface area contributed by atoms with Gasteiger partial charge in [0.2, 0.25) is 11.1 Å². The van der Waals surface area contributed by atoms with E-state index in [9.17, 15) is 4.79 Å². The van der Waals surface area contributed by atoms with Crippen LogP contribution in [0.15, 0.2) is 28.0 Å². The average molecular weight is 335 g/mol. The number of hydrogen-bond donors (Lipinski definition) is 0. The number of carbonyl (C=O) groups is 1. The van der Waals surface area contributed by atoms with Crippen LogP contribution in [0.2, 0.25) is 0 Å². The van der Waals surface area contributed by atoms with E-state index in [4.69, 9.17) is 4.42 Å². The van der Waals surface area contributed by atoms with Gasteiger partial charge in [-0.15, -0.1) is 5.10 Å². The highest BCUT2D eigenvalue weighted by atomic mass is 32.2. The second-order valence-electron chi connectivity index (χ2n) is 5.64. The van der Waals surface area contributed by atoms with Gasteiger partial charge in [0.25, 0.3) is 0 Å². The molecule has 2 aromatic heterocycles. The summed E-state index contributed by atoms with van der Waals surface area (Å²) in [4.78, 5) is 14.4. The van der Waals surface area contributed by atoms with Gasteiger partial charge in [-0.05, 0) is 35.4 Å². The molecule has 0 unspecified atom stereocenters. The van der Waals surface area contributed by atoms with Gasteiger partial charge in [0.15, 0.2) is 0 Å². The lowest BCUT2D eigenvalue weighted by molar-refractivity contribution is -0.128. The van der Waals surface area contributed by atoms with Crippen LogP contribution in [0, 0.1) is 0 Å². The Kier molecular flexibility index (Phi) is 5.68. The molecule has 1 aliphatic heterocycles. The molecule has 0 spiro atoms. The molecule has 3 rings (SSSR count). The summed E-state index contributed by atoms with van der Waals surface area (Å²) in [5.74, 6) is 1.33. The second kappa shape index (κ2) is 8.14. The van der Waals surface area contributed by atoms with Crippen LogP contribution in [0.4, 0.5) is 0 Å². The van der Waals surface area contributed by atoms with Gasteiger partial charge in [0.1, 0.15) is 12.3 Å². The van der Waals surface area contributed by atoms with E-state index >= 15 is 0 Å². The zero-order valence-corrected chi connectivity index (χ0v) is 13.9. The fourth-order valence-corrected chi connectivity index (χ4v) is 3.44. The number of amides is 1. The molecule has 0 aromatic carbocycles. The lowest BCUT2D eigenvalue weighted by Crippen LogP contribution is -2.35. The van der Waals surface area contributed by atoms with Crippen molar-refractivity contribution in [3.8, 4) is 0 Å². The summed E-state index contributed by atoms with van der Waals surface area (Å²) in [6.07, 6.45) is 7.56. The van der Waals surface area contributed by atoms with E-state index in [1.165, 1.54) is 31.0 Å². The number of furan rings is 1. The maximum atomic E-state index is 12.4. The highest BCUT2D eigenvalue weighted by molar-refractivity contribution is 7.99. The second-order valence-corrected chi connectivity index (χ2v) is 6.58. The highest BCUT2D eigenvalue weighted by Gasteiger charge is 2.17. The van der Waals surface area contributed by atoms with Crippen LogP contribution in [-0.4, -0.2) is 49.9 Å². The Morgan fingerprint density at radius 2 is 2.00 bits per heavy atom. The Balaban J connectivity index is 1.53. The number of nitrogens with zero attached hydrogens (tertiary/aromatic N) is 5. The molecule has 0 radical (unpaired) electrons. The van der Waals surface area contributed by atoms with E-state index in [0.29, 0.717) is 17.5 Å². The molecular weight excluding hydrogens is 314 g/mol. The van der Waals surface area contributed by atoms with Crippen LogP contribution in [0.1, 0.15) is 37.9 Å². The first-order valence-corrected chi connectivity index (χ1v) is 9.00. The van der Waals surface area contributed by atoms with E-state index < -0.39 is 0 Å². The standard InChI is InChI=1S/C15H21N5O2S/c21-14(19-8-4-2-1-3-5-9-19)12-23-15-16-17-18-20(15)11-13-7-6-10-22-13/h6-7,10H,1-5,8-9,11-12H2. The molecule has 1 amide bonds. The smallest absolute Gasteiger partial charge is 0.233 e. The first-order chi connectivity index (χ1) is 11.3. The molecular formula is C15H21N5O2S. The van der Waals surface area contributed by atoms with Gasteiger partial charge < -0.3 is 9.32 Å². The Hall–Kier alpha value is -1.83. The van der Waals surface area contributed by atoms with Crippen molar-refractivity contribution in [2.45, 2.75) is 43.8 Å². The van der Waals surface area contributed by atoms with Gasteiger partial charge in [-0.1, -0.05) is 31.0 Å². The number of carbonyl (C=O) groups excluding carboxylic acids is 1. The Morgan fingerprint density at radius 3 is 2.74 bits per heavy atom. The molecule has 7 nitrogen and oxygen atoms in total. The van der Waals surface area contributed by atoms with Gasteiger partial charge >= 0.3 is 0 Å². The topological polar surface area (TPSA) is 77.0 Å². The van der Waals surface area contributed by atoms with Gasteiger partial charge in [-0.25, -0.2) is 4.68 Å². The summed E-state index contributed by atoms with van der Waals surface area (Å²) in [5, 5.41) is 12.3. The third kappa shape index (κ3) is 4.57. The van der Waals surface area contributed by atoms with Crippen LogP contribution in [0.25, 0.3) is 0 Å². The predicted molar refractivity (Wildman–Crippen MR) is 86.0 cm³/mol. The molecule has 0 saturated carbocycles. The minimum atomic E-state index is 0.171. The Morgan fingerprint density at radius 1 is 1.22 bits per heavy atom. The molecule has 0 bridgehead atoms. The van der Waals surface area contributed by atoms with E-state index in [1.807, 2.05) is 17.0 Å². The zero-order chi connectivity index (χ0) is 15.9. The lowest BCUT2D eigenvalue weighted by atomic mass is 10.1. The minimum absolute atomic E-state index is 0.171. The van der Waals surface area contributed by atoms with Crippen LogP contribution in [0.5, 0.6) is 0 Å². The first kappa shape index (κ1) is 16.0. The van der Waals surface area contributed by atoms with Gasteiger partial charge in [0, 0.05) is 13.1 Å². The van der Waals surface area contributed by atoms with Crippen molar-refractivity contribution in [2.24, 2.45) is 0 Å². The van der Waals surface area contributed by atoms with Crippen molar-refractivity contribution in [1.29, 1.82) is 0 Å². The fraction of sp³-hybridized carbons (Fsp3) is 0.600. The van der Waals surface area contributed by atoms with Crippen molar-refractivity contribution in [2.75, 3.05) is 18.8 Å². The number of rotatable bonds is 5. The van der Waals surface area contributed by atoms with Crippen molar-refractivity contribution in [1.82, 2.24) is 25.1 Å². The number of likely N-dealkylation sites (tertiary alicyclic amines) is 1. The monoisotopic (exact) mass is 335 g/mol. The molecule has 3 heterocycles. The molecule has 23 heavy (non-hydrogen) atoms. The minimum Gasteiger partial charge on any atom is -0.467 e. The summed E-state index contributed by atoms with van der Waals surface area (Å²) in [6.45, 7) is 2.22. The summed E-state index contributed by atoms with van der Waals surface area (Å²) < 4.78 is 6.96. The van der Waals surface area contributed by atoms with E-state index in [0.717, 1.165) is 31.7 Å². The van der Waals surface area contributed by atoms with Crippen LogP contribution in [0.3, 0.4) is 0 Å². The van der Waals surface area contributed by atoms with Crippen LogP contribution >= 0.6 is 11.8 Å². The summed E-state index contributed by atoms with van der Waals surface area (Å²) in [7, 11) is 0. The molecule has 0 aliphatic carbocycles. The van der Waals surface area contributed by atoms with Crippen LogP contribution < -0.4 is 0 Å². The molecule has 8 heteroatoms. The molecule has 1 saturated heterocycles. The number of hydrogen-bond acceptors (Lipinski definition) is 6. The quantitative estimate of drug-likeness (QED) is 0.780. The highest BCUT2D eigenvalue weighted by Crippen LogP contribution is 2.17. The molecule has 1 aliphatic rings. The van der Waals surface area contributed by atoms with Crippen molar-refractivity contribution in [3.63, 3.8) is 0 Å². The third-order valence-electron chi connectivity index (χ3n) is 3.92. The van der Waals surface area contributed by atoms with Crippen molar-refractivity contribution in [3.05, 3.63) is 24.2 Å². The third-order valence-corrected chi connectivity index (χ3v) is 4.86. The average Bonchev–Trinajstić information content (AvgIpc) is 3.17. The predicted octanol–water partition coefficient (Wildman–Crippen LogP) is 2.20. The maximum Gasteiger partial charge on any atom is 0.233 e. The van der Waals surface area contributed by atoms with Crippen molar-refractivity contribution < 1.29 is 9.21 Å². The zero-order valence-electron chi connectivity index (χ0n) is 13.1. The fourth-order valence-electron chi connectivity index (χ4n) is 2.66. The molecule has 1 fully saturated rings. The molecule has 0 atom stereocenters. The van der Waals surface area contributed by atoms with Gasteiger partial charge in [0.05, 0.1) is 12.0 Å². The Bertz CT molecular complexity index is 605. The Labute approximate surface area is 139 Å². The molecule has 124 valence electrons. The first-order valence-electron chi connectivity index (χ1n) is 8.02. The maximum absolute atomic E-state index is 12.4. The van der Waals surface area contributed by atoms with Gasteiger partial charge in [-0.2, -0.15) is 0 Å². The normalized spacial score (nSPS) is 16.1. The SMILES string of the molecule is O=C(CSc1nnnn1Cc1ccco1)N1CCCCCCC1. The molecule has 0 N–H and O–H groups in total. The number of thioether (sulfide) groups is 1. The largest absolute Gasteiger partial charge is 0.467 e. The van der Waals surface area contributed by atoms with E-state index in [2.05, 4.69) is 15.5 Å². The van der Waals surface area contributed by atoms with Crippen LogP contribution in [-0.2, 0) is 11.3 Å². The number of tetrazole rings is 1. The molecule has 2 aromatic rings. The summed E-state index contributed by atoms with van der Waals surface area (Å²) >= 11 is 1.38. The van der Waals surface area contributed by atoms with Crippen molar-refractivity contribution >= 4 is 17.7 Å². The number of aromatic nitrogens is 4. The summed E-state index contributed by atoms with van der Waals surface area (Å²) in [5.41, 5.74) is 0. The summed E-state index contributed by atoms with van der Waals surface area (Å²) in [6, 6.07) is 3.71. The van der Waals surface area contributed by atoms with E-state index in [1.54, 1.807) is 10.9 Å². The van der Waals surface area contributed by atoms with Gasteiger partial charge in [-0.3, -0.25) is 4.79 Å². The van der Waals surface area contributed by atoms with E-state index in [-0.39, 0.29) is 5.91 Å².